The van der Waals surface area contributed by atoms with Gasteiger partial charge in [-0.2, -0.15) is 5.10 Å². The lowest BCUT2D eigenvalue weighted by Crippen LogP contribution is -2.59. The van der Waals surface area contributed by atoms with Crippen molar-refractivity contribution in [2.45, 2.75) is 65.7 Å². The van der Waals surface area contributed by atoms with E-state index in [0.717, 1.165) is 25.7 Å². The molecule has 0 aliphatic heterocycles. The normalized spacial score (nSPS) is 32.8. The first kappa shape index (κ1) is 22.6. The fraction of sp³-hybridized carbons (Fsp3) is 0.667. The number of carbonyl (C=O) groups is 1. The minimum atomic E-state index is -0.500. The van der Waals surface area contributed by atoms with Crippen molar-refractivity contribution in [1.82, 2.24) is 5.43 Å². The fourth-order valence-electron chi connectivity index (χ4n) is 7.30. The lowest BCUT2D eigenvalue weighted by atomic mass is 9.40. The molecule has 0 aromatic heterocycles. The highest BCUT2D eigenvalue weighted by Crippen LogP contribution is 2.69. The number of carbonyl (C=O) groups excluding carboxylic acids is 1. The van der Waals surface area contributed by atoms with E-state index in [0.29, 0.717) is 18.1 Å². The van der Waals surface area contributed by atoms with E-state index in [2.05, 4.69) is 24.4 Å². The van der Waals surface area contributed by atoms with Crippen LogP contribution in [0.2, 0.25) is 0 Å². The Kier molecular flexibility index (Phi) is 5.67. The van der Waals surface area contributed by atoms with Crippen LogP contribution >= 0.6 is 0 Å². The number of ether oxygens (including phenoxy) is 2. The average molecular weight is 444 g/mol. The molecule has 174 valence electrons. The molecule has 4 aliphatic rings. The molecule has 2 atom stereocenters. The minimum absolute atomic E-state index is 0.0281. The highest BCUT2D eigenvalue weighted by Gasteiger charge is 2.62. The first-order valence-electron chi connectivity index (χ1n) is 11.4. The fourth-order valence-corrected chi connectivity index (χ4v) is 7.30. The van der Waals surface area contributed by atoms with Crippen LogP contribution in [-0.4, -0.2) is 30.8 Å². The van der Waals surface area contributed by atoms with E-state index in [-0.39, 0.29) is 39.3 Å². The predicted octanol–water partition coefficient (Wildman–Crippen LogP) is 4.84. The molecule has 8 nitrogen and oxygen atoms in total. The zero-order chi connectivity index (χ0) is 23.1. The van der Waals surface area contributed by atoms with Crippen molar-refractivity contribution in [2.24, 2.45) is 27.3 Å². The van der Waals surface area contributed by atoms with Crippen LogP contribution in [0, 0.1) is 32.3 Å². The lowest BCUT2D eigenvalue weighted by Gasteiger charge is -2.64. The van der Waals surface area contributed by atoms with E-state index in [4.69, 9.17) is 9.47 Å². The Hall–Kier alpha value is -2.64. The molecule has 4 bridgehead atoms. The first-order valence-corrected chi connectivity index (χ1v) is 11.4. The number of hydrogen-bond donors (Lipinski definition) is 1. The molecule has 8 heteroatoms. The van der Waals surface area contributed by atoms with Gasteiger partial charge in [-0.25, -0.2) is 5.43 Å². The van der Waals surface area contributed by atoms with Crippen LogP contribution in [0.15, 0.2) is 17.2 Å². The van der Waals surface area contributed by atoms with Crippen molar-refractivity contribution in [3.63, 3.8) is 0 Å². The summed E-state index contributed by atoms with van der Waals surface area (Å²) in [5, 5.41) is 15.7. The summed E-state index contributed by atoms with van der Waals surface area (Å²) >= 11 is 0. The Labute approximate surface area is 188 Å². The number of nitrogens with one attached hydrogen (secondary N) is 1. The third kappa shape index (κ3) is 4.07. The van der Waals surface area contributed by atoms with Gasteiger partial charge < -0.3 is 9.47 Å². The summed E-state index contributed by atoms with van der Waals surface area (Å²) in [5.41, 5.74) is 3.13. The number of rotatable bonds is 8. The Morgan fingerprint density at radius 3 is 2.50 bits per heavy atom. The van der Waals surface area contributed by atoms with E-state index in [1.165, 1.54) is 38.7 Å². The van der Waals surface area contributed by atoms with Crippen LogP contribution in [0.25, 0.3) is 0 Å². The Morgan fingerprint density at radius 2 is 1.94 bits per heavy atom. The van der Waals surface area contributed by atoms with Crippen LogP contribution in [0.3, 0.4) is 0 Å². The Bertz CT molecular complexity index is 941. The molecule has 0 spiro atoms. The van der Waals surface area contributed by atoms with Gasteiger partial charge in [0.15, 0.2) is 5.75 Å². The molecule has 1 aromatic rings. The highest BCUT2D eigenvalue weighted by molar-refractivity contribution is 5.87. The van der Waals surface area contributed by atoms with E-state index in [1.807, 2.05) is 6.92 Å². The zero-order valence-corrected chi connectivity index (χ0v) is 19.4. The first-order chi connectivity index (χ1) is 15.1. The van der Waals surface area contributed by atoms with Gasteiger partial charge in [-0.3, -0.25) is 14.9 Å². The summed E-state index contributed by atoms with van der Waals surface area (Å²) in [6.07, 6.45) is 8.55. The zero-order valence-electron chi connectivity index (χ0n) is 19.4. The van der Waals surface area contributed by atoms with Crippen molar-refractivity contribution in [1.29, 1.82) is 0 Å². The monoisotopic (exact) mass is 443 g/mol. The maximum absolute atomic E-state index is 13.3. The summed E-state index contributed by atoms with van der Waals surface area (Å²) in [5.74, 6) is 0.955. The van der Waals surface area contributed by atoms with Crippen molar-refractivity contribution < 1.29 is 19.2 Å². The molecular formula is C24H33N3O5. The highest BCUT2D eigenvalue weighted by atomic mass is 16.6. The van der Waals surface area contributed by atoms with E-state index >= 15 is 0 Å². The number of nitro groups is 1. The number of nitro benzene ring substituents is 1. The Morgan fingerprint density at radius 1 is 1.25 bits per heavy atom. The molecule has 2 unspecified atom stereocenters. The molecular weight excluding hydrogens is 410 g/mol. The van der Waals surface area contributed by atoms with Gasteiger partial charge in [-0.1, -0.05) is 20.8 Å². The van der Waals surface area contributed by atoms with Crippen LogP contribution < -0.4 is 14.9 Å². The van der Waals surface area contributed by atoms with E-state index in [1.54, 1.807) is 6.07 Å². The second-order valence-corrected chi connectivity index (χ2v) is 10.8. The molecule has 0 saturated heterocycles. The molecule has 4 aliphatic carbocycles. The molecule has 0 heterocycles. The second-order valence-electron chi connectivity index (χ2n) is 10.8. The molecule has 4 fully saturated rings. The lowest BCUT2D eigenvalue weighted by molar-refractivity contribution is -0.386. The maximum Gasteiger partial charge on any atom is 0.315 e. The van der Waals surface area contributed by atoms with Crippen molar-refractivity contribution in [3.05, 3.63) is 27.8 Å². The minimum Gasteiger partial charge on any atom is -0.493 e. The maximum atomic E-state index is 13.3. The summed E-state index contributed by atoms with van der Waals surface area (Å²) in [6, 6.07) is 3.01. The summed E-state index contributed by atoms with van der Waals surface area (Å²) in [7, 11) is 1.44. The summed E-state index contributed by atoms with van der Waals surface area (Å²) in [6.45, 7) is 6.93. The molecule has 0 radical (unpaired) electrons. The third-order valence-electron chi connectivity index (χ3n) is 7.41. The second kappa shape index (κ2) is 8.05. The number of nitrogens with zero attached hydrogens (tertiary/aromatic N) is 2. The van der Waals surface area contributed by atoms with Gasteiger partial charge in [0.1, 0.15) is 0 Å². The quantitative estimate of drug-likeness (QED) is 0.352. The van der Waals surface area contributed by atoms with Gasteiger partial charge >= 0.3 is 5.69 Å². The summed E-state index contributed by atoms with van der Waals surface area (Å²) < 4.78 is 10.9. The number of methoxy groups -OCH3 is 1. The summed E-state index contributed by atoms with van der Waals surface area (Å²) in [4.78, 5) is 24.3. The number of hydrazone groups is 1. The van der Waals surface area contributed by atoms with E-state index < -0.39 is 4.92 Å². The molecule has 1 amide bonds. The largest absolute Gasteiger partial charge is 0.493 e. The van der Waals surface area contributed by atoms with Gasteiger partial charge in [-0.15, -0.1) is 0 Å². The van der Waals surface area contributed by atoms with Crippen LogP contribution in [0.5, 0.6) is 11.5 Å². The molecule has 4 saturated carbocycles. The smallest absolute Gasteiger partial charge is 0.315 e. The van der Waals surface area contributed by atoms with Crippen molar-refractivity contribution in [2.75, 3.05) is 13.7 Å². The van der Waals surface area contributed by atoms with Crippen LogP contribution in [0.4, 0.5) is 5.69 Å². The van der Waals surface area contributed by atoms with E-state index in [9.17, 15) is 14.9 Å². The van der Waals surface area contributed by atoms with Gasteiger partial charge in [-0.05, 0) is 67.8 Å². The predicted molar refractivity (Wildman–Crippen MR) is 121 cm³/mol. The number of hydrogen-bond acceptors (Lipinski definition) is 6. The van der Waals surface area contributed by atoms with Crippen molar-refractivity contribution in [3.8, 4) is 11.5 Å². The topological polar surface area (TPSA) is 103 Å². The molecule has 32 heavy (non-hydrogen) atoms. The SMILES string of the molecule is CCCOc1c(OC)cc(/C=N/NC(=O)C23CC4CC(C)(CC(C)(C4)C2)C3)cc1[N+](=O)[O-]. The van der Waals surface area contributed by atoms with Gasteiger partial charge in [0, 0.05) is 11.6 Å². The molecule has 1 N–H and O–H groups in total. The average Bonchev–Trinajstić information content (AvgIpc) is 2.69. The Balaban J connectivity index is 1.52. The van der Waals surface area contributed by atoms with Crippen LogP contribution in [-0.2, 0) is 4.79 Å². The van der Waals surface area contributed by atoms with Gasteiger partial charge in [0.25, 0.3) is 0 Å². The number of benzene rings is 1. The van der Waals surface area contributed by atoms with Crippen molar-refractivity contribution >= 4 is 17.8 Å². The van der Waals surface area contributed by atoms with Crippen LogP contribution in [0.1, 0.15) is 71.3 Å². The molecule has 1 aromatic carbocycles. The van der Waals surface area contributed by atoms with Gasteiger partial charge in [0.05, 0.1) is 30.3 Å². The van der Waals surface area contributed by atoms with Gasteiger partial charge in [0.2, 0.25) is 11.7 Å². The third-order valence-corrected chi connectivity index (χ3v) is 7.41. The standard InChI is InChI=1S/C24H33N3O5/c1-5-6-32-20-18(27(29)30)7-16(8-19(20)31-4)12-25-26-21(28)24-11-17-9-22(2,14-24)13-23(3,10-17)15-24/h7-8,12,17H,5-6,9-11,13-15H2,1-4H3,(H,26,28)/b25-12+. The number of amides is 1. The molecule has 5 rings (SSSR count).